The van der Waals surface area contributed by atoms with Crippen LogP contribution in [0.15, 0.2) is 28.0 Å². The van der Waals surface area contributed by atoms with Gasteiger partial charge >= 0.3 is 5.69 Å². The molecular weight excluding hydrogens is 262 g/mol. The van der Waals surface area contributed by atoms with Crippen molar-refractivity contribution in [3.8, 4) is 0 Å². The molecule has 0 radical (unpaired) electrons. The molecule has 0 unspecified atom stereocenters. The fourth-order valence-electron chi connectivity index (χ4n) is 1.72. The van der Waals surface area contributed by atoms with Gasteiger partial charge in [0, 0.05) is 30.9 Å². The lowest BCUT2D eigenvalue weighted by Gasteiger charge is -2.02. The van der Waals surface area contributed by atoms with E-state index in [1.807, 2.05) is 18.1 Å². The summed E-state index contributed by atoms with van der Waals surface area (Å²) in [5.41, 5.74) is -0.549. The molecule has 8 nitrogen and oxygen atoms in total. The Labute approximate surface area is 113 Å². The highest BCUT2D eigenvalue weighted by Crippen LogP contribution is 1.99. The van der Waals surface area contributed by atoms with Crippen molar-refractivity contribution in [1.82, 2.24) is 25.1 Å². The predicted molar refractivity (Wildman–Crippen MR) is 71.4 cm³/mol. The third kappa shape index (κ3) is 3.44. The van der Waals surface area contributed by atoms with Gasteiger partial charge in [0.2, 0.25) is 0 Å². The summed E-state index contributed by atoms with van der Waals surface area (Å²) >= 11 is 0. The first kappa shape index (κ1) is 13.8. The molecule has 106 valence electrons. The third-order valence-corrected chi connectivity index (χ3v) is 2.60. The zero-order chi connectivity index (χ0) is 14.5. The maximum atomic E-state index is 11.8. The van der Waals surface area contributed by atoms with E-state index in [0.717, 1.165) is 24.6 Å². The van der Waals surface area contributed by atoms with E-state index in [1.165, 1.54) is 0 Å². The van der Waals surface area contributed by atoms with E-state index in [9.17, 15) is 14.4 Å². The van der Waals surface area contributed by atoms with Crippen LogP contribution in [0.25, 0.3) is 0 Å². The second-order valence-electron chi connectivity index (χ2n) is 4.30. The van der Waals surface area contributed by atoms with Gasteiger partial charge in [-0.25, -0.2) is 4.79 Å². The summed E-state index contributed by atoms with van der Waals surface area (Å²) in [4.78, 5) is 38.2. The number of rotatable bonds is 5. The number of nitrogens with one attached hydrogen (secondary N) is 3. The van der Waals surface area contributed by atoms with Crippen molar-refractivity contribution in [3.05, 3.63) is 50.6 Å². The van der Waals surface area contributed by atoms with Crippen molar-refractivity contribution in [2.75, 3.05) is 0 Å². The highest BCUT2D eigenvalue weighted by atomic mass is 16.2. The fourth-order valence-corrected chi connectivity index (χ4v) is 1.72. The molecule has 20 heavy (non-hydrogen) atoms. The van der Waals surface area contributed by atoms with Crippen molar-refractivity contribution >= 4 is 5.91 Å². The number of H-pyrrole nitrogens is 2. The molecule has 2 rings (SSSR count). The molecule has 0 bridgehead atoms. The van der Waals surface area contributed by atoms with Gasteiger partial charge in [0.05, 0.1) is 6.20 Å². The second-order valence-corrected chi connectivity index (χ2v) is 4.30. The Morgan fingerprint density at radius 3 is 2.90 bits per heavy atom. The maximum absolute atomic E-state index is 11.8. The van der Waals surface area contributed by atoms with Gasteiger partial charge in [0.1, 0.15) is 5.69 Å². The highest BCUT2D eigenvalue weighted by Gasteiger charge is 2.08. The topological polar surface area (TPSA) is 113 Å². The van der Waals surface area contributed by atoms with Crippen LogP contribution >= 0.6 is 0 Å². The van der Waals surface area contributed by atoms with Crippen molar-refractivity contribution in [2.24, 2.45) is 0 Å². The average molecular weight is 277 g/mol. The van der Waals surface area contributed by atoms with Crippen LogP contribution in [0.5, 0.6) is 0 Å². The van der Waals surface area contributed by atoms with Crippen molar-refractivity contribution in [3.63, 3.8) is 0 Å². The van der Waals surface area contributed by atoms with Crippen LogP contribution in [0.2, 0.25) is 0 Å². The van der Waals surface area contributed by atoms with E-state index in [1.54, 1.807) is 10.9 Å². The minimum Gasteiger partial charge on any atom is -0.347 e. The minimum atomic E-state index is -0.710. The number of carbonyl (C=O) groups is 1. The number of aryl methyl sites for hydroxylation is 1. The molecule has 8 heteroatoms. The fraction of sp³-hybridized carbons (Fsp3) is 0.333. The largest absolute Gasteiger partial charge is 0.347 e. The minimum absolute atomic E-state index is 0.0697. The second kappa shape index (κ2) is 6.00. The van der Waals surface area contributed by atoms with Gasteiger partial charge in [0.15, 0.2) is 0 Å². The molecule has 0 saturated heterocycles. The van der Waals surface area contributed by atoms with E-state index in [0.29, 0.717) is 0 Å². The van der Waals surface area contributed by atoms with Crippen molar-refractivity contribution in [1.29, 1.82) is 0 Å². The van der Waals surface area contributed by atoms with Crippen LogP contribution in [0.1, 0.15) is 29.4 Å². The lowest BCUT2D eigenvalue weighted by molar-refractivity contribution is 0.0945. The summed E-state index contributed by atoms with van der Waals surface area (Å²) in [6.07, 6.45) is 4.47. The zero-order valence-electron chi connectivity index (χ0n) is 11.0. The molecule has 0 aromatic carbocycles. The molecule has 0 saturated carbocycles. The molecule has 0 atom stereocenters. The van der Waals surface area contributed by atoms with Gasteiger partial charge in [-0.15, -0.1) is 0 Å². The Kier molecular flexibility index (Phi) is 4.14. The first-order chi connectivity index (χ1) is 9.58. The quantitative estimate of drug-likeness (QED) is 0.690. The van der Waals surface area contributed by atoms with Gasteiger partial charge in [-0.05, 0) is 6.42 Å². The maximum Gasteiger partial charge on any atom is 0.326 e. The normalized spacial score (nSPS) is 10.4. The molecule has 0 spiro atoms. The first-order valence-electron chi connectivity index (χ1n) is 6.21. The zero-order valence-corrected chi connectivity index (χ0v) is 11.0. The lowest BCUT2D eigenvalue weighted by Crippen LogP contribution is -2.30. The number of aromatic amines is 2. The molecule has 0 aliphatic carbocycles. The van der Waals surface area contributed by atoms with Crippen LogP contribution in [0.4, 0.5) is 0 Å². The summed E-state index contributed by atoms with van der Waals surface area (Å²) in [5.74, 6) is -0.517. The van der Waals surface area contributed by atoms with Crippen LogP contribution in [-0.4, -0.2) is 25.7 Å². The van der Waals surface area contributed by atoms with Crippen LogP contribution < -0.4 is 16.6 Å². The molecule has 2 aromatic heterocycles. The van der Waals surface area contributed by atoms with E-state index in [2.05, 4.69) is 15.4 Å². The molecule has 1 amide bonds. The van der Waals surface area contributed by atoms with Crippen LogP contribution in [-0.2, 0) is 13.1 Å². The van der Waals surface area contributed by atoms with Crippen molar-refractivity contribution < 1.29 is 4.79 Å². The molecule has 0 aliphatic rings. The Morgan fingerprint density at radius 1 is 1.40 bits per heavy atom. The van der Waals surface area contributed by atoms with Gasteiger partial charge in [0.25, 0.3) is 11.5 Å². The number of amides is 1. The number of nitrogens with zero attached hydrogens (tertiary/aromatic N) is 2. The van der Waals surface area contributed by atoms with E-state index in [4.69, 9.17) is 0 Å². The Morgan fingerprint density at radius 2 is 2.20 bits per heavy atom. The van der Waals surface area contributed by atoms with Gasteiger partial charge in [-0.3, -0.25) is 19.3 Å². The molecule has 0 aliphatic heterocycles. The summed E-state index contributed by atoms with van der Waals surface area (Å²) in [5, 5.41) is 6.75. The predicted octanol–water partition coefficient (Wildman–Crippen LogP) is -0.400. The molecule has 2 heterocycles. The summed E-state index contributed by atoms with van der Waals surface area (Å²) in [6.45, 7) is 3.14. The highest BCUT2D eigenvalue weighted by molar-refractivity contribution is 5.91. The van der Waals surface area contributed by atoms with E-state index < -0.39 is 17.2 Å². The average Bonchev–Trinajstić information content (AvgIpc) is 2.83. The monoisotopic (exact) mass is 277 g/mol. The summed E-state index contributed by atoms with van der Waals surface area (Å²) in [7, 11) is 0. The van der Waals surface area contributed by atoms with Crippen molar-refractivity contribution in [2.45, 2.75) is 26.4 Å². The van der Waals surface area contributed by atoms with Crippen LogP contribution in [0, 0.1) is 0 Å². The number of carbonyl (C=O) groups excluding carboxylic acids is 1. The van der Waals surface area contributed by atoms with E-state index in [-0.39, 0.29) is 12.2 Å². The number of hydrogen-bond acceptors (Lipinski definition) is 4. The Hall–Kier alpha value is -2.64. The first-order valence-corrected chi connectivity index (χ1v) is 6.21. The Bertz CT molecular complexity index is 684. The third-order valence-electron chi connectivity index (χ3n) is 2.60. The number of hydrogen-bond donors (Lipinski definition) is 3. The lowest BCUT2D eigenvalue weighted by atomic mass is 10.3. The van der Waals surface area contributed by atoms with Gasteiger partial charge in [-0.2, -0.15) is 5.10 Å². The van der Waals surface area contributed by atoms with Gasteiger partial charge in [-0.1, -0.05) is 6.92 Å². The molecule has 2 aromatic rings. The summed E-state index contributed by atoms with van der Waals surface area (Å²) in [6, 6.07) is 1.04. The standard InChI is InChI=1S/C12H15N5O3/c1-2-3-17-7-8(6-14-17)5-13-11(19)9-4-10(18)16-12(20)15-9/h4,6-7H,2-3,5H2,1H3,(H,13,19)(H2,15,16,18,20). The molecular formula is C12H15N5O3. The van der Waals surface area contributed by atoms with Gasteiger partial charge < -0.3 is 10.3 Å². The molecule has 0 fully saturated rings. The van der Waals surface area contributed by atoms with Crippen LogP contribution in [0.3, 0.4) is 0 Å². The molecule has 3 N–H and O–H groups in total. The number of aromatic nitrogens is 4. The SMILES string of the molecule is CCCn1cc(CNC(=O)c2cc(=O)[nH]c(=O)[nH]2)cn1. The summed E-state index contributed by atoms with van der Waals surface area (Å²) < 4.78 is 1.79. The Balaban J connectivity index is 2.00. The smallest absolute Gasteiger partial charge is 0.326 e. The van der Waals surface area contributed by atoms with E-state index >= 15 is 0 Å².